The molecule has 0 aliphatic rings. The summed E-state index contributed by atoms with van der Waals surface area (Å²) in [7, 11) is 0. The Morgan fingerprint density at radius 3 is 1.64 bits per heavy atom. The molecule has 1 atom stereocenters. The van der Waals surface area contributed by atoms with Gasteiger partial charge in [0.2, 0.25) is 0 Å². The highest BCUT2D eigenvalue weighted by Gasteiger charge is 2.35. The van der Waals surface area contributed by atoms with E-state index in [1.165, 1.54) is 53.2 Å². The standard InChI is InChI=1S/C18H26.C11H11F5.C8H10.C4H8.C3H8.C2H6.C2H4/c1-6-9-17(7-2)15(5)12-16-11-10-14(4)18(8-3)13-16;1-3-7-4-5-8(10(2,12)13)6-9(7)11(14,15)16;1-2-8-6-4-3-5-7-8;1-4(2)3;1-3-2;2*1-2/h8,10-13,17H,4,6-7,9H2,1-3,5H3;4-6H,3H2,1-2H3;3-7H,2H2,1H3;1H2,2-3H3;3H2,1-2H3;1-2H3;1-2H2/b15-12+,18-8-;;;;;;. The van der Waals surface area contributed by atoms with Crippen LogP contribution in [0.4, 0.5) is 22.0 Å². The van der Waals surface area contributed by atoms with Gasteiger partial charge in [0, 0.05) is 12.5 Å². The minimum Gasteiger partial charge on any atom is -0.202 e. The average Bonchev–Trinajstić information content (AvgIpc) is 3.13. The Kier molecular flexibility index (Phi) is 34.8. The van der Waals surface area contributed by atoms with E-state index >= 15 is 0 Å². The molecule has 53 heavy (non-hydrogen) atoms. The van der Waals surface area contributed by atoms with E-state index in [0.29, 0.717) is 13.0 Å². The third-order valence-corrected chi connectivity index (χ3v) is 7.20. The van der Waals surface area contributed by atoms with E-state index in [9.17, 15) is 22.0 Å². The first kappa shape index (κ1) is 56.0. The van der Waals surface area contributed by atoms with Crippen molar-refractivity contribution < 1.29 is 22.0 Å². The van der Waals surface area contributed by atoms with Crippen molar-refractivity contribution >= 4 is 18.7 Å². The summed E-state index contributed by atoms with van der Waals surface area (Å²) < 4.78 is 63.5. The molecule has 0 saturated carbocycles. The molecule has 3 rings (SSSR count). The van der Waals surface area contributed by atoms with Gasteiger partial charge in [0.1, 0.15) is 0 Å². The predicted molar refractivity (Wildman–Crippen MR) is 229 cm³/mol. The van der Waals surface area contributed by atoms with Crippen molar-refractivity contribution in [2.75, 3.05) is 0 Å². The predicted octanol–water partition coefficient (Wildman–Crippen LogP) is 15.6. The molecule has 5 heteroatoms. The van der Waals surface area contributed by atoms with Gasteiger partial charge in [0.25, 0.3) is 5.92 Å². The number of allylic oxidation sites excluding steroid dienone is 2. The average molecular weight is 745 g/mol. The van der Waals surface area contributed by atoms with E-state index in [4.69, 9.17) is 0 Å². The van der Waals surface area contributed by atoms with Gasteiger partial charge in [0.15, 0.2) is 0 Å². The lowest BCUT2D eigenvalue weighted by molar-refractivity contribution is -0.138. The van der Waals surface area contributed by atoms with E-state index < -0.39 is 23.2 Å². The van der Waals surface area contributed by atoms with Gasteiger partial charge in [0.05, 0.1) is 5.56 Å². The van der Waals surface area contributed by atoms with Crippen LogP contribution in [0.25, 0.3) is 18.7 Å². The first-order valence-corrected chi connectivity index (χ1v) is 19.0. The first-order chi connectivity index (χ1) is 24.9. The van der Waals surface area contributed by atoms with Gasteiger partial charge in [-0.05, 0) is 98.6 Å². The highest BCUT2D eigenvalue weighted by molar-refractivity contribution is 5.53. The highest BCUT2D eigenvalue weighted by Crippen LogP contribution is 2.36. The zero-order valence-corrected chi connectivity index (χ0v) is 35.5. The topological polar surface area (TPSA) is 0 Å². The molecule has 0 aliphatic heterocycles. The second-order valence-corrected chi connectivity index (χ2v) is 12.4. The van der Waals surface area contributed by atoms with Crippen molar-refractivity contribution in [3.63, 3.8) is 0 Å². The van der Waals surface area contributed by atoms with Crippen LogP contribution in [0.15, 0.2) is 97.6 Å². The summed E-state index contributed by atoms with van der Waals surface area (Å²) in [5.41, 5.74) is 3.81. The summed E-state index contributed by atoms with van der Waals surface area (Å²) in [4.78, 5) is 0. The maximum Gasteiger partial charge on any atom is 0.416 e. The Labute approximate surface area is 322 Å². The molecule has 0 heterocycles. The van der Waals surface area contributed by atoms with Crippen molar-refractivity contribution in [3.05, 3.63) is 136 Å². The lowest BCUT2D eigenvalue weighted by atomic mass is 9.91. The van der Waals surface area contributed by atoms with Crippen molar-refractivity contribution in [2.24, 2.45) is 5.92 Å². The maximum absolute atomic E-state index is 12.9. The summed E-state index contributed by atoms with van der Waals surface area (Å²) in [6, 6.07) is 19.6. The lowest BCUT2D eigenvalue weighted by Gasteiger charge is -2.16. The van der Waals surface area contributed by atoms with Gasteiger partial charge in [-0.15, -0.1) is 19.7 Å². The van der Waals surface area contributed by atoms with Crippen LogP contribution < -0.4 is 10.4 Å². The normalized spacial score (nSPS) is 11.4. The molecule has 0 radical (unpaired) electrons. The smallest absolute Gasteiger partial charge is 0.202 e. The minimum absolute atomic E-state index is 0.0282. The maximum atomic E-state index is 12.9. The van der Waals surface area contributed by atoms with Gasteiger partial charge in [-0.25, -0.2) is 8.78 Å². The van der Waals surface area contributed by atoms with Crippen molar-refractivity contribution in [1.82, 2.24) is 0 Å². The van der Waals surface area contributed by atoms with Crippen molar-refractivity contribution in [2.45, 2.75) is 141 Å². The number of halogens is 5. The van der Waals surface area contributed by atoms with Crippen LogP contribution in [0, 0.1) is 5.92 Å². The molecule has 0 nitrogen and oxygen atoms in total. The van der Waals surface area contributed by atoms with Crippen LogP contribution in [0.2, 0.25) is 0 Å². The second kappa shape index (κ2) is 32.9. The summed E-state index contributed by atoms with van der Waals surface area (Å²) in [5, 5.41) is 2.34. The summed E-state index contributed by atoms with van der Waals surface area (Å²) in [6.45, 7) is 38.9. The van der Waals surface area contributed by atoms with Crippen LogP contribution in [-0.4, -0.2) is 0 Å². The molecule has 0 aromatic heterocycles. The quantitative estimate of drug-likeness (QED) is 0.159. The minimum atomic E-state index is -4.59. The molecule has 0 saturated heterocycles. The molecule has 0 amide bonds. The monoisotopic (exact) mass is 745 g/mol. The third-order valence-electron chi connectivity index (χ3n) is 7.20. The molecule has 0 aliphatic carbocycles. The fourth-order valence-corrected chi connectivity index (χ4v) is 4.59. The zero-order valence-electron chi connectivity index (χ0n) is 35.5. The van der Waals surface area contributed by atoms with E-state index in [-0.39, 0.29) is 12.0 Å². The van der Waals surface area contributed by atoms with Crippen molar-refractivity contribution in [1.29, 1.82) is 0 Å². The van der Waals surface area contributed by atoms with E-state index in [1.807, 2.05) is 33.8 Å². The van der Waals surface area contributed by atoms with Gasteiger partial charge < -0.3 is 0 Å². The fraction of sp³-hybridized carbons (Fsp3) is 0.458. The molecular weight excluding hydrogens is 672 g/mol. The SMILES string of the molecule is C=C.C=C(C)C.C=c1ccc(/C=C(\C)C(CC)CCC)c/c1=C/C.CC.CCC.CCc1ccc(C(C)(F)F)cc1C(F)(F)F.CCc1ccccc1. The van der Waals surface area contributed by atoms with Gasteiger partial charge >= 0.3 is 6.18 Å². The number of alkyl halides is 5. The van der Waals surface area contributed by atoms with Gasteiger partial charge in [-0.2, -0.15) is 13.2 Å². The summed E-state index contributed by atoms with van der Waals surface area (Å²) in [6.07, 6.45) is 6.19. The molecule has 3 aromatic carbocycles. The summed E-state index contributed by atoms with van der Waals surface area (Å²) in [5.74, 6) is -2.53. The lowest BCUT2D eigenvalue weighted by Crippen LogP contribution is -2.22. The number of benzene rings is 3. The van der Waals surface area contributed by atoms with Gasteiger partial charge in [-0.3, -0.25) is 0 Å². The Balaban J connectivity index is -0.000000310. The third kappa shape index (κ3) is 27.5. The fourth-order valence-electron chi connectivity index (χ4n) is 4.59. The molecule has 0 N–H and O–H groups in total. The van der Waals surface area contributed by atoms with E-state index in [0.717, 1.165) is 29.7 Å². The van der Waals surface area contributed by atoms with Gasteiger partial charge in [-0.1, -0.05) is 153 Å². The van der Waals surface area contributed by atoms with Crippen LogP contribution in [0.5, 0.6) is 0 Å². The van der Waals surface area contributed by atoms with Crippen LogP contribution >= 0.6 is 0 Å². The van der Waals surface area contributed by atoms with E-state index in [1.54, 1.807) is 6.92 Å². The molecule has 0 bridgehead atoms. The first-order valence-electron chi connectivity index (χ1n) is 19.0. The number of rotatable bonds is 8. The molecule has 3 aromatic rings. The Morgan fingerprint density at radius 1 is 0.774 bits per heavy atom. The number of hydrogen-bond donors (Lipinski definition) is 0. The largest absolute Gasteiger partial charge is 0.416 e. The second-order valence-electron chi connectivity index (χ2n) is 12.4. The van der Waals surface area contributed by atoms with Crippen molar-refractivity contribution in [3.8, 4) is 0 Å². The summed E-state index contributed by atoms with van der Waals surface area (Å²) >= 11 is 0. The van der Waals surface area contributed by atoms with Crippen LogP contribution in [0.1, 0.15) is 144 Å². The highest BCUT2D eigenvalue weighted by atomic mass is 19.4. The number of aryl methyl sites for hydroxylation is 2. The molecule has 0 spiro atoms. The molecule has 1 unspecified atom stereocenters. The van der Waals surface area contributed by atoms with Crippen LogP contribution in [-0.2, 0) is 24.9 Å². The Bertz CT molecular complexity index is 1470. The molecule has 300 valence electrons. The Hall–Kier alpha value is -3.73. The Morgan fingerprint density at radius 2 is 1.28 bits per heavy atom. The molecular formula is C48H73F5. The van der Waals surface area contributed by atoms with Crippen LogP contribution in [0.3, 0.4) is 0 Å². The zero-order chi connectivity index (χ0) is 42.2. The molecule has 0 fully saturated rings. The van der Waals surface area contributed by atoms with E-state index in [2.05, 4.69) is 129 Å². The number of hydrogen-bond acceptors (Lipinski definition) is 0.